The van der Waals surface area contributed by atoms with E-state index in [1.165, 1.54) is 6.08 Å². The third kappa shape index (κ3) is 3.58. The second kappa shape index (κ2) is 7.22. The summed E-state index contributed by atoms with van der Waals surface area (Å²) in [6.07, 6.45) is 6.87. The van der Waals surface area contributed by atoms with Gasteiger partial charge >= 0.3 is 0 Å². The maximum atomic E-state index is 11.9. The number of aromatic nitrogens is 5. The van der Waals surface area contributed by atoms with E-state index in [1.54, 1.807) is 28.3 Å². The monoisotopic (exact) mass is 370 g/mol. The number of thiophene rings is 1. The van der Waals surface area contributed by atoms with E-state index in [0.29, 0.717) is 19.7 Å². The maximum absolute atomic E-state index is 11.9. The second-order valence-corrected chi connectivity index (χ2v) is 6.98. The summed E-state index contributed by atoms with van der Waals surface area (Å²) in [5, 5.41) is 17.5. The molecule has 0 saturated carbocycles. The lowest BCUT2D eigenvalue weighted by molar-refractivity contribution is -0.117. The predicted octanol–water partition coefficient (Wildman–Crippen LogP) is 1.47. The van der Waals surface area contributed by atoms with Crippen molar-refractivity contribution in [2.24, 2.45) is 7.05 Å². The molecular weight excluding hydrogens is 352 g/mol. The minimum absolute atomic E-state index is 0.134. The summed E-state index contributed by atoms with van der Waals surface area (Å²) >= 11 is 1.59. The van der Waals surface area contributed by atoms with E-state index in [2.05, 4.69) is 20.7 Å². The number of nitrogens with one attached hydrogen (secondary N) is 1. The van der Waals surface area contributed by atoms with Crippen LogP contribution in [0.25, 0.3) is 17.3 Å². The van der Waals surface area contributed by atoms with Crippen molar-refractivity contribution in [2.45, 2.75) is 19.3 Å². The number of aryl methyl sites for hydroxylation is 1. The number of nitrogens with zero attached hydrogens (tertiary/aromatic N) is 5. The number of amides is 1. The molecule has 3 aromatic rings. The van der Waals surface area contributed by atoms with Gasteiger partial charge in [-0.25, -0.2) is 4.68 Å². The Hall–Kier alpha value is -2.78. The Morgan fingerprint density at radius 2 is 2.46 bits per heavy atom. The molecule has 9 heteroatoms. The van der Waals surface area contributed by atoms with Crippen LogP contribution in [0.3, 0.4) is 0 Å². The van der Waals surface area contributed by atoms with Gasteiger partial charge in [-0.15, -0.1) is 16.4 Å². The Kier molecular flexibility index (Phi) is 4.63. The molecule has 0 radical (unpaired) electrons. The topological polar surface area (TPSA) is 86.9 Å². The number of rotatable bonds is 5. The molecule has 1 aliphatic rings. The van der Waals surface area contributed by atoms with E-state index in [4.69, 9.17) is 4.74 Å². The third-order valence-electron chi connectivity index (χ3n) is 4.09. The highest BCUT2D eigenvalue weighted by Crippen LogP contribution is 2.24. The minimum Gasteiger partial charge on any atom is -0.368 e. The molecule has 3 aromatic heterocycles. The van der Waals surface area contributed by atoms with Crippen LogP contribution in [0.2, 0.25) is 0 Å². The Morgan fingerprint density at radius 3 is 3.23 bits per heavy atom. The molecule has 4 rings (SSSR count). The Morgan fingerprint density at radius 1 is 1.54 bits per heavy atom. The van der Waals surface area contributed by atoms with Crippen molar-refractivity contribution in [3.63, 3.8) is 0 Å². The first-order valence-corrected chi connectivity index (χ1v) is 9.09. The summed E-state index contributed by atoms with van der Waals surface area (Å²) in [6.45, 7) is 1.38. The zero-order valence-electron chi connectivity index (χ0n) is 14.2. The number of ether oxygens (including phenoxy) is 1. The average molecular weight is 370 g/mol. The molecule has 0 aromatic carbocycles. The fourth-order valence-corrected chi connectivity index (χ4v) is 3.39. The minimum atomic E-state index is -0.137. The average Bonchev–Trinajstić information content (AvgIpc) is 3.38. The van der Waals surface area contributed by atoms with Gasteiger partial charge in [-0.2, -0.15) is 5.10 Å². The molecule has 1 N–H and O–H groups in total. The Bertz CT molecular complexity index is 927. The SMILES string of the molecule is Cn1cc(-c2nnn3c2COC(CNC(=O)/C=C/c2cccs2)C3)cn1. The van der Waals surface area contributed by atoms with Gasteiger partial charge in [-0.1, -0.05) is 11.3 Å². The third-order valence-corrected chi connectivity index (χ3v) is 4.93. The number of fused-ring (bicyclic) bond motifs is 1. The smallest absolute Gasteiger partial charge is 0.244 e. The van der Waals surface area contributed by atoms with Crippen LogP contribution in [0.5, 0.6) is 0 Å². The van der Waals surface area contributed by atoms with Crippen molar-refractivity contribution in [3.8, 4) is 11.3 Å². The molecule has 4 heterocycles. The van der Waals surface area contributed by atoms with Crippen LogP contribution in [-0.2, 0) is 29.7 Å². The molecule has 1 atom stereocenters. The van der Waals surface area contributed by atoms with Crippen molar-refractivity contribution >= 4 is 23.3 Å². The van der Waals surface area contributed by atoms with E-state index < -0.39 is 0 Å². The Labute approximate surface area is 154 Å². The summed E-state index contributed by atoms with van der Waals surface area (Å²) in [5.74, 6) is -0.137. The lowest BCUT2D eigenvalue weighted by atomic mass is 10.2. The largest absolute Gasteiger partial charge is 0.368 e. The predicted molar refractivity (Wildman–Crippen MR) is 97.2 cm³/mol. The van der Waals surface area contributed by atoms with Crippen molar-refractivity contribution < 1.29 is 9.53 Å². The van der Waals surface area contributed by atoms with Gasteiger partial charge < -0.3 is 10.1 Å². The van der Waals surface area contributed by atoms with E-state index >= 15 is 0 Å². The van der Waals surface area contributed by atoms with E-state index in [0.717, 1.165) is 21.8 Å². The van der Waals surface area contributed by atoms with E-state index in [1.807, 2.05) is 35.4 Å². The molecule has 26 heavy (non-hydrogen) atoms. The second-order valence-electron chi connectivity index (χ2n) is 6.00. The normalized spacial score (nSPS) is 16.7. The molecule has 1 amide bonds. The molecule has 0 bridgehead atoms. The van der Waals surface area contributed by atoms with Gasteiger partial charge in [-0.3, -0.25) is 9.48 Å². The van der Waals surface area contributed by atoms with Crippen LogP contribution in [0.4, 0.5) is 0 Å². The molecule has 8 nitrogen and oxygen atoms in total. The first-order chi connectivity index (χ1) is 12.7. The number of carbonyl (C=O) groups excluding carboxylic acids is 1. The summed E-state index contributed by atoms with van der Waals surface area (Å²) in [4.78, 5) is 13.0. The Balaban J connectivity index is 1.34. The molecule has 0 spiro atoms. The van der Waals surface area contributed by atoms with Gasteiger partial charge in [0.25, 0.3) is 0 Å². The lowest BCUT2D eigenvalue weighted by Gasteiger charge is -2.24. The van der Waals surface area contributed by atoms with Crippen molar-refractivity contribution in [2.75, 3.05) is 6.54 Å². The molecule has 1 unspecified atom stereocenters. The first-order valence-electron chi connectivity index (χ1n) is 8.21. The van der Waals surface area contributed by atoms with Gasteiger partial charge in [0, 0.05) is 36.3 Å². The summed E-state index contributed by atoms with van der Waals surface area (Å²) in [6, 6.07) is 3.92. The molecule has 0 fully saturated rings. The fourth-order valence-electron chi connectivity index (χ4n) is 2.77. The van der Waals surface area contributed by atoms with Crippen molar-refractivity contribution in [3.05, 3.63) is 46.6 Å². The fraction of sp³-hybridized carbons (Fsp3) is 0.294. The van der Waals surface area contributed by atoms with Crippen LogP contribution in [-0.4, -0.2) is 43.3 Å². The van der Waals surface area contributed by atoms with Gasteiger partial charge in [0.1, 0.15) is 5.69 Å². The number of carbonyl (C=O) groups is 1. The van der Waals surface area contributed by atoms with E-state index in [-0.39, 0.29) is 12.0 Å². The lowest BCUT2D eigenvalue weighted by Crippen LogP contribution is -2.38. The van der Waals surface area contributed by atoms with Crippen LogP contribution in [0, 0.1) is 0 Å². The van der Waals surface area contributed by atoms with Gasteiger partial charge in [0.2, 0.25) is 5.91 Å². The van der Waals surface area contributed by atoms with Gasteiger partial charge in [0.15, 0.2) is 0 Å². The zero-order chi connectivity index (χ0) is 17.9. The van der Waals surface area contributed by atoms with Crippen molar-refractivity contribution in [1.82, 2.24) is 30.1 Å². The van der Waals surface area contributed by atoms with Crippen LogP contribution in [0.1, 0.15) is 10.6 Å². The standard InChI is InChI=1S/C17H18N6O2S/c1-22-9-12(7-19-22)17-15-11-25-13(10-23(15)21-20-17)8-18-16(24)5-4-14-3-2-6-26-14/h2-7,9,13H,8,10-11H2,1H3,(H,18,24)/b5-4+. The van der Waals surface area contributed by atoms with Crippen molar-refractivity contribution in [1.29, 1.82) is 0 Å². The quantitative estimate of drug-likeness (QED) is 0.687. The molecule has 0 aliphatic carbocycles. The molecular formula is C17H18N6O2S. The van der Waals surface area contributed by atoms with E-state index in [9.17, 15) is 4.79 Å². The van der Waals surface area contributed by atoms with Crippen LogP contribution in [0.15, 0.2) is 36.0 Å². The number of hydrogen-bond acceptors (Lipinski definition) is 6. The number of hydrogen-bond donors (Lipinski definition) is 1. The summed E-state index contributed by atoms with van der Waals surface area (Å²) in [5.41, 5.74) is 2.64. The zero-order valence-corrected chi connectivity index (χ0v) is 15.0. The molecule has 0 saturated heterocycles. The van der Waals surface area contributed by atoms with Gasteiger partial charge in [-0.05, 0) is 17.5 Å². The highest BCUT2D eigenvalue weighted by molar-refractivity contribution is 7.10. The van der Waals surface area contributed by atoms with Crippen LogP contribution >= 0.6 is 11.3 Å². The van der Waals surface area contributed by atoms with Gasteiger partial charge in [0.05, 0.1) is 31.1 Å². The maximum Gasteiger partial charge on any atom is 0.244 e. The highest BCUT2D eigenvalue weighted by Gasteiger charge is 2.25. The first kappa shape index (κ1) is 16.7. The molecule has 134 valence electrons. The summed E-state index contributed by atoms with van der Waals surface area (Å²) < 4.78 is 9.43. The molecule has 1 aliphatic heterocycles. The van der Waals surface area contributed by atoms with Crippen LogP contribution < -0.4 is 5.32 Å². The summed E-state index contributed by atoms with van der Waals surface area (Å²) in [7, 11) is 1.86. The highest BCUT2D eigenvalue weighted by atomic mass is 32.1.